The van der Waals surface area contributed by atoms with Gasteiger partial charge in [-0.2, -0.15) is 0 Å². The summed E-state index contributed by atoms with van der Waals surface area (Å²) in [4.78, 5) is 6.47. The molecule has 154 valence electrons. The van der Waals surface area contributed by atoms with E-state index in [1.807, 2.05) is 37.4 Å². The molecule has 0 amide bonds. The maximum absolute atomic E-state index is 5.36. The standard InChI is InChI=1S/C21H29N3O3.HI/c1-22-21(24(2)15-17-6-9-18(25-3)10-7-17)23-13-12-16-8-11-19(26-4)20(14-16)27-5;/h6-11,14H,12-13,15H2,1-5H3,(H,22,23);1H. The van der Waals surface area contributed by atoms with Crippen LogP contribution in [0.4, 0.5) is 0 Å². The summed E-state index contributed by atoms with van der Waals surface area (Å²) in [5, 5.41) is 3.41. The third kappa shape index (κ3) is 6.78. The van der Waals surface area contributed by atoms with Crippen molar-refractivity contribution in [2.75, 3.05) is 42.0 Å². The average molecular weight is 499 g/mol. The van der Waals surface area contributed by atoms with E-state index in [4.69, 9.17) is 14.2 Å². The Hall–Kier alpha value is -2.16. The molecule has 0 fully saturated rings. The van der Waals surface area contributed by atoms with Crippen LogP contribution in [0.5, 0.6) is 17.2 Å². The van der Waals surface area contributed by atoms with Crippen molar-refractivity contribution in [3.05, 3.63) is 53.6 Å². The molecule has 0 atom stereocenters. The van der Waals surface area contributed by atoms with Crippen molar-refractivity contribution in [3.8, 4) is 17.2 Å². The van der Waals surface area contributed by atoms with E-state index in [1.54, 1.807) is 28.4 Å². The van der Waals surface area contributed by atoms with Crippen LogP contribution >= 0.6 is 24.0 Å². The highest BCUT2D eigenvalue weighted by molar-refractivity contribution is 14.0. The van der Waals surface area contributed by atoms with E-state index < -0.39 is 0 Å². The van der Waals surface area contributed by atoms with Crippen LogP contribution in [0.1, 0.15) is 11.1 Å². The topological polar surface area (TPSA) is 55.3 Å². The summed E-state index contributed by atoms with van der Waals surface area (Å²) >= 11 is 0. The van der Waals surface area contributed by atoms with Crippen molar-refractivity contribution in [2.45, 2.75) is 13.0 Å². The number of benzene rings is 2. The van der Waals surface area contributed by atoms with Gasteiger partial charge in [0.1, 0.15) is 5.75 Å². The molecule has 28 heavy (non-hydrogen) atoms. The van der Waals surface area contributed by atoms with E-state index in [-0.39, 0.29) is 24.0 Å². The lowest BCUT2D eigenvalue weighted by atomic mass is 10.1. The van der Waals surface area contributed by atoms with Gasteiger partial charge in [-0.25, -0.2) is 0 Å². The van der Waals surface area contributed by atoms with E-state index in [1.165, 1.54) is 11.1 Å². The molecule has 0 unspecified atom stereocenters. The summed E-state index contributed by atoms with van der Waals surface area (Å²) in [5.41, 5.74) is 2.37. The molecule has 1 N–H and O–H groups in total. The fourth-order valence-corrected chi connectivity index (χ4v) is 2.82. The quantitative estimate of drug-likeness (QED) is 0.342. The summed E-state index contributed by atoms with van der Waals surface area (Å²) < 4.78 is 15.8. The van der Waals surface area contributed by atoms with E-state index in [0.29, 0.717) is 0 Å². The second-order valence-corrected chi connectivity index (χ2v) is 6.12. The van der Waals surface area contributed by atoms with Crippen molar-refractivity contribution >= 4 is 29.9 Å². The summed E-state index contributed by atoms with van der Waals surface area (Å²) in [5.74, 6) is 3.20. The monoisotopic (exact) mass is 499 g/mol. The molecule has 0 aliphatic rings. The third-order valence-corrected chi connectivity index (χ3v) is 4.30. The Morgan fingerprint density at radius 2 is 1.57 bits per heavy atom. The van der Waals surface area contributed by atoms with E-state index in [0.717, 1.165) is 42.7 Å². The molecular weight excluding hydrogens is 469 g/mol. The normalized spacial score (nSPS) is 10.7. The van der Waals surface area contributed by atoms with Gasteiger partial charge in [-0.3, -0.25) is 4.99 Å². The van der Waals surface area contributed by atoms with Gasteiger partial charge in [-0.15, -0.1) is 24.0 Å². The molecule has 7 heteroatoms. The molecule has 0 spiro atoms. The van der Waals surface area contributed by atoms with Crippen molar-refractivity contribution in [1.82, 2.24) is 10.2 Å². The summed E-state index contributed by atoms with van der Waals surface area (Å²) in [6, 6.07) is 14.0. The molecular formula is C21H30IN3O3. The number of methoxy groups -OCH3 is 3. The van der Waals surface area contributed by atoms with Crippen LogP contribution in [0.15, 0.2) is 47.5 Å². The second kappa shape index (κ2) is 12.3. The summed E-state index contributed by atoms with van der Waals surface area (Å²) in [7, 11) is 8.78. The van der Waals surface area contributed by atoms with Gasteiger partial charge < -0.3 is 24.4 Å². The first kappa shape index (κ1) is 23.9. The van der Waals surface area contributed by atoms with Crippen LogP contribution in [-0.2, 0) is 13.0 Å². The first-order valence-electron chi connectivity index (χ1n) is 8.87. The first-order valence-corrected chi connectivity index (χ1v) is 8.87. The minimum absolute atomic E-state index is 0. The highest BCUT2D eigenvalue weighted by atomic mass is 127. The molecule has 2 rings (SSSR count). The predicted molar refractivity (Wildman–Crippen MR) is 124 cm³/mol. The fourth-order valence-electron chi connectivity index (χ4n) is 2.82. The zero-order valence-electron chi connectivity index (χ0n) is 17.2. The minimum Gasteiger partial charge on any atom is -0.497 e. The van der Waals surface area contributed by atoms with Crippen molar-refractivity contribution < 1.29 is 14.2 Å². The van der Waals surface area contributed by atoms with Gasteiger partial charge in [-0.1, -0.05) is 18.2 Å². The Balaban J connectivity index is 0.00000392. The highest BCUT2D eigenvalue weighted by Gasteiger charge is 2.08. The van der Waals surface area contributed by atoms with Gasteiger partial charge in [0.2, 0.25) is 0 Å². The maximum atomic E-state index is 5.36. The average Bonchev–Trinajstić information content (AvgIpc) is 2.71. The minimum atomic E-state index is 0. The number of halogens is 1. The lowest BCUT2D eigenvalue weighted by Crippen LogP contribution is -2.39. The fraction of sp³-hybridized carbons (Fsp3) is 0.381. The van der Waals surface area contributed by atoms with Crippen molar-refractivity contribution in [2.24, 2.45) is 4.99 Å². The van der Waals surface area contributed by atoms with Crippen LogP contribution in [0, 0.1) is 0 Å². The first-order chi connectivity index (χ1) is 13.1. The number of guanidine groups is 1. The number of rotatable bonds is 8. The lowest BCUT2D eigenvalue weighted by molar-refractivity contribution is 0.354. The lowest BCUT2D eigenvalue weighted by Gasteiger charge is -2.22. The number of hydrogen-bond acceptors (Lipinski definition) is 4. The van der Waals surface area contributed by atoms with Gasteiger partial charge >= 0.3 is 0 Å². The van der Waals surface area contributed by atoms with Gasteiger partial charge in [0.25, 0.3) is 0 Å². The van der Waals surface area contributed by atoms with Crippen molar-refractivity contribution in [1.29, 1.82) is 0 Å². The van der Waals surface area contributed by atoms with Gasteiger partial charge in [0, 0.05) is 27.2 Å². The van der Waals surface area contributed by atoms with Gasteiger partial charge in [0.15, 0.2) is 17.5 Å². The number of nitrogens with zero attached hydrogens (tertiary/aromatic N) is 2. The largest absolute Gasteiger partial charge is 0.497 e. The molecule has 2 aromatic rings. The Morgan fingerprint density at radius 3 is 2.14 bits per heavy atom. The summed E-state index contributed by atoms with van der Waals surface area (Å²) in [6.07, 6.45) is 0.857. The smallest absolute Gasteiger partial charge is 0.193 e. The van der Waals surface area contributed by atoms with Crippen LogP contribution < -0.4 is 19.5 Å². The number of aliphatic imine (C=N–C) groups is 1. The molecule has 6 nitrogen and oxygen atoms in total. The van der Waals surface area contributed by atoms with Gasteiger partial charge in [-0.05, 0) is 41.8 Å². The Labute approximate surface area is 184 Å². The maximum Gasteiger partial charge on any atom is 0.193 e. The molecule has 0 heterocycles. The number of hydrogen-bond donors (Lipinski definition) is 1. The van der Waals surface area contributed by atoms with Crippen LogP contribution in [0.25, 0.3) is 0 Å². The van der Waals surface area contributed by atoms with E-state index in [9.17, 15) is 0 Å². The van der Waals surface area contributed by atoms with Gasteiger partial charge in [0.05, 0.1) is 21.3 Å². The molecule has 0 aliphatic carbocycles. The zero-order chi connectivity index (χ0) is 19.6. The number of ether oxygens (including phenoxy) is 3. The Bertz CT molecular complexity index is 751. The third-order valence-electron chi connectivity index (χ3n) is 4.30. The molecule has 0 aliphatic heterocycles. The van der Waals surface area contributed by atoms with Crippen molar-refractivity contribution in [3.63, 3.8) is 0 Å². The molecule has 0 saturated heterocycles. The molecule has 2 aromatic carbocycles. The molecule has 0 aromatic heterocycles. The van der Waals surface area contributed by atoms with Crippen LogP contribution in [0.3, 0.4) is 0 Å². The number of nitrogens with one attached hydrogen (secondary N) is 1. The zero-order valence-corrected chi connectivity index (χ0v) is 19.5. The molecule has 0 radical (unpaired) electrons. The second-order valence-electron chi connectivity index (χ2n) is 6.12. The Morgan fingerprint density at radius 1 is 0.929 bits per heavy atom. The summed E-state index contributed by atoms with van der Waals surface area (Å²) in [6.45, 7) is 1.54. The predicted octanol–water partition coefficient (Wildman–Crippen LogP) is 3.58. The SMILES string of the molecule is CN=C(NCCc1ccc(OC)c(OC)c1)N(C)Cc1ccc(OC)cc1.I. The Kier molecular flexibility index (Phi) is 10.5. The molecule has 0 saturated carbocycles. The van der Waals surface area contributed by atoms with Crippen LogP contribution in [-0.4, -0.2) is 52.8 Å². The van der Waals surface area contributed by atoms with E-state index in [2.05, 4.69) is 27.3 Å². The van der Waals surface area contributed by atoms with E-state index >= 15 is 0 Å². The van der Waals surface area contributed by atoms with Crippen LogP contribution in [0.2, 0.25) is 0 Å². The molecule has 0 bridgehead atoms. The highest BCUT2D eigenvalue weighted by Crippen LogP contribution is 2.27.